The number of aliphatic hydroxyl groups is 1. The minimum atomic E-state index is -0.450. The highest BCUT2D eigenvalue weighted by atomic mass is 16.3. The van der Waals surface area contributed by atoms with E-state index in [-0.39, 0.29) is 18.8 Å². The number of aliphatic hydroxyl groups excluding tert-OH is 1. The van der Waals surface area contributed by atoms with Gasteiger partial charge in [0.25, 0.3) is 11.8 Å². The topological polar surface area (TPSA) is 87.5 Å². The predicted molar refractivity (Wildman–Crippen MR) is 96.6 cm³/mol. The lowest BCUT2D eigenvalue weighted by molar-refractivity contribution is -0.137. The van der Waals surface area contributed by atoms with Crippen molar-refractivity contribution in [2.75, 3.05) is 18.5 Å². The molecule has 0 bridgehead atoms. The Morgan fingerprint density at radius 3 is 2.65 bits per heavy atom. The summed E-state index contributed by atoms with van der Waals surface area (Å²) in [4.78, 5) is 29.7. The molecule has 1 aliphatic rings. The fraction of sp³-hybridized carbons (Fsp3) is 0.105. The lowest BCUT2D eigenvalue weighted by Gasteiger charge is -2.15. The van der Waals surface area contributed by atoms with Crippen molar-refractivity contribution in [2.45, 2.75) is 0 Å². The molecule has 2 heterocycles. The van der Waals surface area contributed by atoms with Crippen LogP contribution in [0.2, 0.25) is 0 Å². The fourth-order valence-corrected chi connectivity index (χ4v) is 3.00. The Balaban J connectivity index is 1.71. The van der Waals surface area contributed by atoms with Crippen LogP contribution in [0.5, 0.6) is 0 Å². The summed E-state index contributed by atoms with van der Waals surface area (Å²) >= 11 is 0. The molecule has 1 aliphatic heterocycles. The Morgan fingerprint density at radius 1 is 1.04 bits per heavy atom. The summed E-state index contributed by atoms with van der Waals surface area (Å²) in [6.07, 6.45) is 2.97. The van der Waals surface area contributed by atoms with E-state index < -0.39 is 11.8 Å². The molecule has 7 nitrogen and oxygen atoms in total. The van der Waals surface area contributed by atoms with Crippen molar-refractivity contribution >= 4 is 28.5 Å². The van der Waals surface area contributed by atoms with Crippen molar-refractivity contribution in [3.05, 3.63) is 66.6 Å². The zero-order chi connectivity index (χ0) is 18.1. The van der Waals surface area contributed by atoms with Crippen molar-refractivity contribution in [3.8, 4) is 5.69 Å². The van der Waals surface area contributed by atoms with Crippen LogP contribution in [0, 0.1) is 0 Å². The van der Waals surface area contributed by atoms with Crippen molar-refractivity contribution in [1.29, 1.82) is 0 Å². The fourth-order valence-electron chi connectivity index (χ4n) is 3.00. The van der Waals surface area contributed by atoms with Crippen LogP contribution in [0.4, 0.5) is 5.69 Å². The van der Waals surface area contributed by atoms with Gasteiger partial charge in [-0.25, -0.2) is 4.98 Å². The van der Waals surface area contributed by atoms with E-state index in [1.54, 1.807) is 6.33 Å². The monoisotopic (exact) mass is 348 g/mol. The molecule has 3 aromatic rings. The average molecular weight is 348 g/mol. The second-order valence-electron chi connectivity index (χ2n) is 5.82. The summed E-state index contributed by atoms with van der Waals surface area (Å²) in [5.41, 5.74) is 3.46. The first-order valence-corrected chi connectivity index (χ1v) is 8.16. The Bertz CT molecular complexity index is 1040. The van der Waals surface area contributed by atoms with Gasteiger partial charge in [-0.3, -0.25) is 19.1 Å². The van der Waals surface area contributed by atoms with Gasteiger partial charge in [-0.1, -0.05) is 24.3 Å². The number of hydrogen-bond acceptors (Lipinski definition) is 5. The molecule has 2 N–H and O–H groups in total. The number of carbonyl (C=O) groups is 2. The molecule has 0 spiro atoms. The van der Waals surface area contributed by atoms with Crippen LogP contribution in [-0.2, 0) is 9.59 Å². The molecule has 0 saturated heterocycles. The van der Waals surface area contributed by atoms with E-state index in [1.165, 1.54) is 6.08 Å². The highest BCUT2D eigenvalue weighted by molar-refractivity contribution is 6.17. The maximum atomic E-state index is 12.4. The second kappa shape index (κ2) is 6.45. The smallest absolute Gasteiger partial charge is 0.277 e. The van der Waals surface area contributed by atoms with Crippen molar-refractivity contribution in [1.82, 2.24) is 14.5 Å². The number of fused-ring (bicyclic) bond motifs is 1. The Kier molecular flexibility index (Phi) is 3.98. The lowest BCUT2D eigenvalue weighted by Crippen LogP contribution is -2.34. The van der Waals surface area contributed by atoms with Gasteiger partial charge in [0, 0.05) is 6.08 Å². The summed E-state index contributed by atoms with van der Waals surface area (Å²) in [6.45, 7) is -0.288. The third-order valence-corrected chi connectivity index (χ3v) is 4.22. The van der Waals surface area contributed by atoms with Crippen LogP contribution in [-0.4, -0.2) is 44.5 Å². The maximum absolute atomic E-state index is 12.4. The van der Waals surface area contributed by atoms with Gasteiger partial charge >= 0.3 is 0 Å². The standard InChI is InChI=1S/C19H16N4O3/c24-10-9-22-18(25)11-15(19(22)26)21-14-6-2-4-8-17(14)23-12-20-13-5-1-3-7-16(13)23/h1-8,11-12,21,24H,9-10H2. The second-order valence-corrected chi connectivity index (χ2v) is 5.82. The molecule has 0 saturated carbocycles. The van der Waals surface area contributed by atoms with E-state index >= 15 is 0 Å². The number of hydrogen-bond donors (Lipinski definition) is 2. The maximum Gasteiger partial charge on any atom is 0.277 e. The van der Waals surface area contributed by atoms with Crippen LogP contribution in [0.25, 0.3) is 16.7 Å². The molecular formula is C19H16N4O3. The zero-order valence-corrected chi connectivity index (χ0v) is 13.8. The van der Waals surface area contributed by atoms with Crippen LogP contribution in [0.3, 0.4) is 0 Å². The highest BCUT2D eigenvalue weighted by Gasteiger charge is 2.31. The van der Waals surface area contributed by atoms with Gasteiger partial charge in [0.05, 0.1) is 35.6 Å². The zero-order valence-electron chi connectivity index (χ0n) is 13.8. The number of rotatable bonds is 5. The number of anilines is 1. The average Bonchev–Trinajstić information content (AvgIpc) is 3.19. The number of carbonyl (C=O) groups excluding carboxylic acids is 2. The molecule has 1 aromatic heterocycles. The van der Waals surface area contributed by atoms with Crippen LogP contribution in [0.1, 0.15) is 0 Å². The third kappa shape index (κ3) is 2.64. The molecule has 130 valence electrons. The van der Waals surface area contributed by atoms with Gasteiger partial charge in [0.2, 0.25) is 0 Å². The van der Waals surface area contributed by atoms with Gasteiger partial charge in [-0.2, -0.15) is 0 Å². The molecular weight excluding hydrogens is 332 g/mol. The summed E-state index contributed by atoms with van der Waals surface area (Å²) in [5, 5.41) is 12.1. The number of imide groups is 1. The first-order chi connectivity index (χ1) is 12.7. The summed E-state index contributed by atoms with van der Waals surface area (Å²) in [5.74, 6) is -0.883. The van der Waals surface area contributed by atoms with E-state index in [2.05, 4.69) is 10.3 Å². The molecule has 0 atom stereocenters. The van der Waals surface area contributed by atoms with Crippen molar-refractivity contribution < 1.29 is 14.7 Å². The van der Waals surface area contributed by atoms with Crippen molar-refractivity contribution in [2.24, 2.45) is 0 Å². The molecule has 2 aromatic carbocycles. The summed E-state index contributed by atoms with van der Waals surface area (Å²) < 4.78 is 1.92. The number of aromatic nitrogens is 2. The Morgan fingerprint density at radius 2 is 1.81 bits per heavy atom. The van der Waals surface area contributed by atoms with E-state index in [9.17, 15) is 9.59 Å². The number of imidazole rings is 1. The number of β-amino-alcohol motifs (C(OH)–C–C–N with tert-alkyl or cyclic N) is 1. The van der Waals surface area contributed by atoms with E-state index in [0.717, 1.165) is 21.6 Å². The SMILES string of the molecule is O=C1C=C(Nc2ccccc2-n2cnc3ccccc32)C(=O)N1CCO. The van der Waals surface area contributed by atoms with E-state index in [4.69, 9.17) is 5.11 Å². The molecule has 26 heavy (non-hydrogen) atoms. The van der Waals surface area contributed by atoms with Gasteiger partial charge in [-0.05, 0) is 24.3 Å². The Hall–Kier alpha value is -3.45. The molecule has 2 amide bonds. The largest absolute Gasteiger partial charge is 0.395 e. The summed E-state index contributed by atoms with van der Waals surface area (Å²) in [6, 6.07) is 15.2. The first-order valence-electron chi connectivity index (χ1n) is 8.16. The quantitative estimate of drug-likeness (QED) is 0.685. The first kappa shape index (κ1) is 16.0. The molecule has 4 rings (SSSR count). The summed E-state index contributed by atoms with van der Waals surface area (Å²) in [7, 11) is 0. The van der Waals surface area contributed by atoms with Gasteiger partial charge in [0.1, 0.15) is 12.0 Å². The van der Waals surface area contributed by atoms with E-state index in [0.29, 0.717) is 5.69 Å². The molecule has 7 heteroatoms. The minimum absolute atomic E-state index is 0.0207. The number of para-hydroxylation sites is 4. The molecule has 0 unspecified atom stereocenters. The number of nitrogens with one attached hydrogen (secondary N) is 1. The molecule has 0 fully saturated rings. The van der Waals surface area contributed by atoms with Gasteiger partial charge in [-0.15, -0.1) is 0 Å². The van der Waals surface area contributed by atoms with Crippen molar-refractivity contribution in [3.63, 3.8) is 0 Å². The molecule has 0 radical (unpaired) electrons. The number of nitrogens with zero attached hydrogens (tertiary/aromatic N) is 3. The highest BCUT2D eigenvalue weighted by Crippen LogP contribution is 2.26. The minimum Gasteiger partial charge on any atom is -0.395 e. The normalized spacial score (nSPS) is 14.2. The lowest BCUT2D eigenvalue weighted by atomic mass is 10.2. The van der Waals surface area contributed by atoms with Gasteiger partial charge in [0.15, 0.2) is 0 Å². The number of benzene rings is 2. The van der Waals surface area contributed by atoms with Crippen LogP contribution in [0.15, 0.2) is 66.6 Å². The van der Waals surface area contributed by atoms with Crippen LogP contribution >= 0.6 is 0 Å². The number of amides is 2. The third-order valence-electron chi connectivity index (χ3n) is 4.22. The van der Waals surface area contributed by atoms with Crippen LogP contribution < -0.4 is 5.32 Å². The molecule has 0 aliphatic carbocycles. The van der Waals surface area contributed by atoms with E-state index in [1.807, 2.05) is 53.1 Å². The Labute approximate surface area is 149 Å². The predicted octanol–water partition coefficient (Wildman–Crippen LogP) is 1.68. The van der Waals surface area contributed by atoms with Gasteiger partial charge < -0.3 is 10.4 Å².